The second-order valence-electron chi connectivity index (χ2n) is 9.05. The van der Waals surface area contributed by atoms with Crippen LogP contribution in [0.4, 0.5) is 5.69 Å². The van der Waals surface area contributed by atoms with Crippen molar-refractivity contribution in [2.45, 2.75) is 74.8 Å². The standard InChI is InChI=1S/C23H33N5O3S2/c1-17-10-11-19(15-20(17)33(30,31)28-12-6-2-3-7-13-28)24-22(29)16-32-23-25-21(26-27-23)14-18-8-4-5-9-18/h10-11,15,18H,2-9,12-14,16H2,1H3,(H,24,29)(H,25,26,27). The second kappa shape index (κ2) is 11.0. The van der Waals surface area contributed by atoms with Crippen LogP contribution < -0.4 is 5.32 Å². The van der Waals surface area contributed by atoms with Crippen LogP contribution in [0.15, 0.2) is 28.3 Å². The summed E-state index contributed by atoms with van der Waals surface area (Å²) in [6, 6.07) is 5.06. The number of aryl methyl sites for hydroxylation is 1. The van der Waals surface area contributed by atoms with Gasteiger partial charge in [-0.25, -0.2) is 13.4 Å². The first kappa shape index (κ1) is 24.2. The van der Waals surface area contributed by atoms with Crippen LogP contribution in [0.3, 0.4) is 0 Å². The number of benzene rings is 1. The quantitative estimate of drug-likeness (QED) is 0.537. The number of hydrogen-bond acceptors (Lipinski definition) is 6. The van der Waals surface area contributed by atoms with Crippen LogP contribution in [0.5, 0.6) is 0 Å². The van der Waals surface area contributed by atoms with Gasteiger partial charge in [-0.05, 0) is 43.4 Å². The fourth-order valence-electron chi connectivity index (χ4n) is 4.63. The average molecular weight is 492 g/mol. The molecule has 1 amide bonds. The normalized spacial score (nSPS) is 18.3. The molecule has 2 aliphatic rings. The van der Waals surface area contributed by atoms with Gasteiger partial charge in [0.15, 0.2) is 0 Å². The summed E-state index contributed by atoms with van der Waals surface area (Å²) in [5.41, 5.74) is 1.17. The highest BCUT2D eigenvalue weighted by atomic mass is 32.2. The molecular formula is C23H33N5O3S2. The molecule has 33 heavy (non-hydrogen) atoms. The van der Waals surface area contributed by atoms with Gasteiger partial charge in [-0.1, -0.05) is 56.4 Å². The lowest BCUT2D eigenvalue weighted by atomic mass is 10.0. The van der Waals surface area contributed by atoms with Crippen LogP contribution in [0.25, 0.3) is 0 Å². The van der Waals surface area contributed by atoms with Gasteiger partial charge in [0, 0.05) is 25.2 Å². The van der Waals surface area contributed by atoms with E-state index in [1.165, 1.54) is 37.4 Å². The monoisotopic (exact) mass is 491 g/mol. The molecule has 0 atom stereocenters. The van der Waals surface area contributed by atoms with Crippen molar-refractivity contribution in [3.63, 3.8) is 0 Å². The summed E-state index contributed by atoms with van der Waals surface area (Å²) in [5, 5.41) is 10.6. The molecule has 0 bridgehead atoms. The van der Waals surface area contributed by atoms with Crippen molar-refractivity contribution in [2.24, 2.45) is 5.92 Å². The molecule has 1 saturated carbocycles. The van der Waals surface area contributed by atoms with Gasteiger partial charge < -0.3 is 5.32 Å². The number of hydrogen-bond donors (Lipinski definition) is 2. The predicted molar refractivity (Wildman–Crippen MR) is 130 cm³/mol. The summed E-state index contributed by atoms with van der Waals surface area (Å²) in [5.74, 6) is 1.50. The van der Waals surface area contributed by atoms with Crippen molar-refractivity contribution in [1.82, 2.24) is 19.5 Å². The third-order valence-corrected chi connectivity index (χ3v) is 9.34. The number of carbonyl (C=O) groups is 1. The van der Waals surface area contributed by atoms with E-state index in [0.717, 1.165) is 37.9 Å². The largest absolute Gasteiger partial charge is 0.325 e. The van der Waals surface area contributed by atoms with Gasteiger partial charge in [-0.2, -0.15) is 4.31 Å². The number of amides is 1. The third-order valence-electron chi connectivity index (χ3n) is 6.46. The molecule has 1 aliphatic carbocycles. The smallest absolute Gasteiger partial charge is 0.243 e. The first-order valence-electron chi connectivity index (χ1n) is 11.9. The SMILES string of the molecule is Cc1ccc(NC(=O)CSc2n[nH]c(CC3CCCC3)n2)cc1S(=O)(=O)N1CCCCCC1. The minimum absolute atomic E-state index is 0.156. The number of nitrogens with one attached hydrogen (secondary N) is 2. The lowest BCUT2D eigenvalue weighted by Crippen LogP contribution is -2.32. The molecule has 180 valence electrons. The Morgan fingerprint density at radius 3 is 2.61 bits per heavy atom. The lowest BCUT2D eigenvalue weighted by Gasteiger charge is -2.21. The van der Waals surface area contributed by atoms with Gasteiger partial charge in [-0.15, -0.1) is 5.10 Å². The van der Waals surface area contributed by atoms with Crippen LogP contribution in [0, 0.1) is 12.8 Å². The zero-order valence-electron chi connectivity index (χ0n) is 19.2. The van der Waals surface area contributed by atoms with E-state index < -0.39 is 10.0 Å². The average Bonchev–Trinajstić information content (AvgIpc) is 3.38. The molecule has 2 fully saturated rings. The molecule has 2 aromatic rings. The van der Waals surface area contributed by atoms with Gasteiger partial charge in [0.25, 0.3) is 0 Å². The van der Waals surface area contributed by atoms with Crippen LogP contribution in [0.2, 0.25) is 0 Å². The fourth-order valence-corrected chi connectivity index (χ4v) is 7.01. The minimum Gasteiger partial charge on any atom is -0.325 e. The Kier molecular flexibility index (Phi) is 8.08. The maximum absolute atomic E-state index is 13.2. The van der Waals surface area contributed by atoms with Gasteiger partial charge in [0.2, 0.25) is 21.1 Å². The summed E-state index contributed by atoms with van der Waals surface area (Å²) >= 11 is 1.27. The predicted octanol–water partition coefficient (Wildman–Crippen LogP) is 4.14. The van der Waals surface area contributed by atoms with E-state index >= 15 is 0 Å². The summed E-state index contributed by atoms with van der Waals surface area (Å²) in [7, 11) is -3.58. The fraction of sp³-hybridized carbons (Fsp3) is 0.609. The van der Waals surface area contributed by atoms with E-state index in [1.807, 2.05) is 0 Å². The number of carbonyl (C=O) groups excluding carboxylic acids is 1. The Balaban J connectivity index is 1.35. The number of aromatic nitrogens is 3. The maximum Gasteiger partial charge on any atom is 0.243 e. The van der Waals surface area contributed by atoms with Crippen LogP contribution in [-0.2, 0) is 21.2 Å². The van der Waals surface area contributed by atoms with E-state index in [9.17, 15) is 13.2 Å². The molecule has 0 radical (unpaired) electrons. The number of H-pyrrole nitrogens is 1. The topological polar surface area (TPSA) is 108 Å². The van der Waals surface area contributed by atoms with Crippen LogP contribution in [0.1, 0.15) is 62.8 Å². The molecule has 1 aliphatic heterocycles. The number of thioether (sulfide) groups is 1. The number of anilines is 1. The zero-order valence-corrected chi connectivity index (χ0v) is 20.8. The Bertz CT molecular complexity index is 1060. The maximum atomic E-state index is 13.2. The molecule has 10 heteroatoms. The summed E-state index contributed by atoms with van der Waals surface area (Å²) < 4.78 is 28.0. The lowest BCUT2D eigenvalue weighted by molar-refractivity contribution is -0.113. The van der Waals surface area contributed by atoms with Crippen molar-refractivity contribution in [1.29, 1.82) is 0 Å². The molecule has 1 aromatic carbocycles. The molecule has 1 aromatic heterocycles. The molecule has 0 unspecified atom stereocenters. The highest BCUT2D eigenvalue weighted by Gasteiger charge is 2.27. The first-order chi connectivity index (χ1) is 15.9. The van der Waals surface area contributed by atoms with Gasteiger partial charge in [0.05, 0.1) is 10.6 Å². The number of aromatic amines is 1. The molecule has 8 nitrogen and oxygen atoms in total. The van der Waals surface area contributed by atoms with E-state index in [0.29, 0.717) is 35.4 Å². The zero-order chi connectivity index (χ0) is 23.3. The van der Waals surface area contributed by atoms with Crippen molar-refractivity contribution in [2.75, 3.05) is 24.2 Å². The van der Waals surface area contributed by atoms with Crippen molar-refractivity contribution >= 4 is 33.4 Å². The van der Waals surface area contributed by atoms with Gasteiger partial charge >= 0.3 is 0 Å². The summed E-state index contributed by atoms with van der Waals surface area (Å²) in [4.78, 5) is 17.3. The molecule has 2 N–H and O–H groups in total. The number of sulfonamides is 1. The Morgan fingerprint density at radius 2 is 1.88 bits per heavy atom. The highest BCUT2D eigenvalue weighted by Crippen LogP contribution is 2.28. The Labute approximate surface area is 200 Å². The Hall–Kier alpha value is -1.91. The van der Waals surface area contributed by atoms with E-state index in [4.69, 9.17) is 0 Å². The second-order valence-corrected chi connectivity index (χ2v) is 11.9. The molecule has 4 rings (SSSR count). The van der Waals surface area contributed by atoms with Crippen molar-refractivity contribution < 1.29 is 13.2 Å². The minimum atomic E-state index is -3.58. The summed E-state index contributed by atoms with van der Waals surface area (Å²) in [6.07, 6.45) is 9.89. The molecule has 1 saturated heterocycles. The third kappa shape index (κ3) is 6.36. The van der Waals surface area contributed by atoms with Gasteiger partial charge in [-0.3, -0.25) is 9.89 Å². The van der Waals surface area contributed by atoms with E-state index in [-0.39, 0.29) is 16.6 Å². The van der Waals surface area contributed by atoms with E-state index in [1.54, 1.807) is 29.4 Å². The number of nitrogens with zero attached hydrogens (tertiary/aromatic N) is 3. The van der Waals surface area contributed by atoms with Crippen LogP contribution >= 0.6 is 11.8 Å². The number of rotatable bonds is 8. The molecule has 0 spiro atoms. The summed E-state index contributed by atoms with van der Waals surface area (Å²) in [6.45, 7) is 2.89. The molecule has 2 heterocycles. The van der Waals surface area contributed by atoms with E-state index in [2.05, 4.69) is 20.5 Å². The van der Waals surface area contributed by atoms with Crippen molar-refractivity contribution in [3.8, 4) is 0 Å². The molecular weight excluding hydrogens is 458 g/mol. The van der Waals surface area contributed by atoms with Crippen LogP contribution in [-0.4, -0.2) is 52.7 Å². The first-order valence-corrected chi connectivity index (χ1v) is 14.3. The highest BCUT2D eigenvalue weighted by molar-refractivity contribution is 7.99. The van der Waals surface area contributed by atoms with Gasteiger partial charge in [0.1, 0.15) is 5.82 Å². The van der Waals surface area contributed by atoms with Crippen molar-refractivity contribution in [3.05, 3.63) is 29.6 Å². The Morgan fingerprint density at radius 1 is 1.15 bits per heavy atom.